The lowest BCUT2D eigenvalue weighted by Crippen LogP contribution is -2.36. The molecule has 4 rings (SSSR count). The molecule has 0 saturated carbocycles. The van der Waals surface area contributed by atoms with E-state index in [1.807, 2.05) is 0 Å². The van der Waals surface area contributed by atoms with E-state index < -0.39 is 21.5 Å². The van der Waals surface area contributed by atoms with Crippen LogP contribution in [0.5, 0.6) is 0 Å². The maximum Gasteiger partial charge on any atom is 0.274 e. The van der Waals surface area contributed by atoms with Crippen LogP contribution in [0, 0.1) is 0 Å². The smallest absolute Gasteiger partial charge is 0.274 e. The molecule has 0 bridgehead atoms. The number of pyridine rings is 1. The molecule has 2 amide bonds. The first-order valence-corrected chi connectivity index (χ1v) is 12.6. The molecule has 176 valence electrons. The summed E-state index contributed by atoms with van der Waals surface area (Å²) in [7, 11) is -2.04. The minimum atomic E-state index is -3.57. The number of rotatable bonds is 5. The van der Waals surface area contributed by atoms with Crippen LogP contribution in [0.2, 0.25) is 0 Å². The maximum absolute atomic E-state index is 12.8. The van der Waals surface area contributed by atoms with Crippen molar-refractivity contribution >= 4 is 27.5 Å². The number of anilines is 1. The van der Waals surface area contributed by atoms with Crippen molar-refractivity contribution in [1.29, 1.82) is 0 Å². The summed E-state index contributed by atoms with van der Waals surface area (Å²) in [5.74, 6) is -0.725. The molecule has 0 atom stereocenters. The van der Waals surface area contributed by atoms with Crippen LogP contribution in [0.3, 0.4) is 0 Å². The number of aryl methyl sites for hydroxylation is 1. The Hall–Kier alpha value is -2.98. The van der Waals surface area contributed by atoms with Gasteiger partial charge in [0.1, 0.15) is 5.69 Å². The molecule has 0 spiro atoms. The maximum atomic E-state index is 12.8. The van der Waals surface area contributed by atoms with E-state index in [-0.39, 0.29) is 22.1 Å². The van der Waals surface area contributed by atoms with Crippen molar-refractivity contribution < 1.29 is 18.0 Å². The fraction of sp³-hybridized carbons (Fsp3) is 0.435. The van der Waals surface area contributed by atoms with Gasteiger partial charge in [-0.25, -0.2) is 8.42 Å². The highest BCUT2D eigenvalue weighted by atomic mass is 32.2. The number of piperidine rings is 1. The van der Waals surface area contributed by atoms with Gasteiger partial charge in [-0.15, -0.1) is 0 Å². The number of benzene rings is 1. The first-order chi connectivity index (χ1) is 15.8. The molecular weight excluding hydrogens is 444 g/mol. The minimum Gasteiger partial charge on any atom is -0.339 e. The largest absolute Gasteiger partial charge is 0.339 e. The zero-order valence-corrected chi connectivity index (χ0v) is 19.4. The highest BCUT2D eigenvalue weighted by Crippen LogP contribution is 2.21. The van der Waals surface area contributed by atoms with Gasteiger partial charge >= 0.3 is 0 Å². The van der Waals surface area contributed by atoms with Crippen molar-refractivity contribution in [2.45, 2.75) is 37.0 Å². The first kappa shape index (κ1) is 23.2. The Morgan fingerprint density at radius 1 is 0.879 bits per heavy atom. The number of nitrogens with zero attached hydrogens (tertiary/aromatic N) is 3. The lowest BCUT2D eigenvalue weighted by Gasteiger charge is -2.27. The van der Waals surface area contributed by atoms with Crippen LogP contribution in [0.15, 0.2) is 46.2 Å². The second kappa shape index (κ2) is 9.48. The van der Waals surface area contributed by atoms with Crippen molar-refractivity contribution in [2.75, 3.05) is 31.5 Å². The van der Waals surface area contributed by atoms with Crippen LogP contribution in [0.25, 0.3) is 0 Å². The molecule has 2 aliphatic rings. The van der Waals surface area contributed by atoms with Gasteiger partial charge in [0.15, 0.2) is 0 Å². The number of hydrogen-bond acceptors (Lipinski definition) is 5. The highest BCUT2D eigenvalue weighted by molar-refractivity contribution is 7.89. The second-order valence-corrected chi connectivity index (χ2v) is 10.4. The van der Waals surface area contributed by atoms with Gasteiger partial charge in [-0.2, -0.15) is 4.31 Å². The van der Waals surface area contributed by atoms with Crippen LogP contribution >= 0.6 is 0 Å². The van der Waals surface area contributed by atoms with Gasteiger partial charge in [0.05, 0.1) is 10.5 Å². The van der Waals surface area contributed by atoms with Crippen molar-refractivity contribution in [2.24, 2.45) is 7.05 Å². The molecule has 1 N–H and O–H groups in total. The van der Waals surface area contributed by atoms with Crippen LogP contribution in [0.1, 0.15) is 52.8 Å². The number of carbonyl (C=O) groups is 2. The molecule has 2 aromatic rings. The van der Waals surface area contributed by atoms with E-state index in [0.717, 1.165) is 32.1 Å². The number of nitrogens with one attached hydrogen (secondary N) is 1. The van der Waals surface area contributed by atoms with Crippen molar-refractivity contribution in [3.05, 3.63) is 58.0 Å². The number of amides is 2. The fourth-order valence-corrected chi connectivity index (χ4v) is 5.77. The van der Waals surface area contributed by atoms with E-state index >= 15 is 0 Å². The van der Waals surface area contributed by atoms with Crippen LogP contribution < -0.4 is 10.9 Å². The Labute approximate surface area is 193 Å². The Bertz CT molecular complexity index is 1210. The third-order valence-electron chi connectivity index (χ3n) is 6.14. The van der Waals surface area contributed by atoms with E-state index in [1.54, 1.807) is 4.90 Å². The molecule has 10 heteroatoms. The minimum absolute atomic E-state index is 0.000811. The Balaban J connectivity index is 1.52. The molecule has 3 heterocycles. The summed E-state index contributed by atoms with van der Waals surface area (Å²) in [6.07, 6.45) is 6.15. The van der Waals surface area contributed by atoms with Gasteiger partial charge in [-0.3, -0.25) is 14.4 Å². The van der Waals surface area contributed by atoms with E-state index in [4.69, 9.17) is 0 Å². The molecular formula is C23H28N4O5S. The van der Waals surface area contributed by atoms with E-state index in [9.17, 15) is 22.8 Å². The predicted octanol–water partition coefficient (Wildman–Crippen LogP) is 2.05. The van der Waals surface area contributed by atoms with Crippen molar-refractivity contribution in [3.63, 3.8) is 0 Å². The monoisotopic (exact) mass is 472 g/mol. The zero-order valence-electron chi connectivity index (χ0n) is 18.6. The molecule has 1 aromatic carbocycles. The normalized spacial score (nSPS) is 17.2. The molecule has 2 saturated heterocycles. The number of likely N-dealkylation sites (tertiary alicyclic amines) is 1. The van der Waals surface area contributed by atoms with Crippen LogP contribution in [0.4, 0.5) is 5.69 Å². The summed E-state index contributed by atoms with van der Waals surface area (Å²) in [4.78, 5) is 40.1. The summed E-state index contributed by atoms with van der Waals surface area (Å²) in [5, 5.41) is 2.58. The lowest BCUT2D eigenvalue weighted by atomic mass is 10.1. The topological polar surface area (TPSA) is 109 Å². The molecule has 2 fully saturated rings. The van der Waals surface area contributed by atoms with Gasteiger partial charge in [0, 0.05) is 45.0 Å². The number of hydrogen-bond donors (Lipinski definition) is 1. The summed E-state index contributed by atoms with van der Waals surface area (Å²) in [5.41, 5.74) is 0.109. The third kappa shape index (κ3) is 4.86. The molecule has 1 aromatic heterocycles. The van der Waals surface area contributed by atoms with E-state index in [0.29, 0.717) is 31.7 Å². The molecule has 2 aliphatic heterocycles. The lowest BCUT2D eigenvalue weighted by molar-refractivity contribution is 0.0723. The molecule has 0 aliphatic carbocycles. The van der Waals surface area contributed by atoms with Gasteiger partial charge in [-0.05, 0) is 62.4 Å². The number of carbonyl (C=O) groups excluding carboxylic acids is 2. The van der Waals surface area contributed by atoms with Crippen LogP contribution in [-0.2, 0) is 17.1 Å². The number of aromatic nitrogens is 1. The average molecular weight is 473 g/mol. The third-order valence-corrected chi connectivity index (χ3v) is 8.05. The SMILES string of the molecule is Cn1cc(C(=O)N2CCCCC2)cc(NC(=O)c2ccc(S(=O)(=O)N3CCCC3)cc2)c1=O. The molecule has 0 unspecified atom stereocenters. The second-order valence-electron chi connectivity index (χ2n) is 8.50. The van der Waals surface area contributed by atoms with Crippen LogP contribution in [-0.4, -0.2) is 60.2 Å². The summed E-state index contributed by atoms with van der Waals surface area (Å²) >= 11 is 0. The predicted molar refractivity (Wildman–Crippen MR) is 124 cm³/mol. The molecule has 33 heavy (non-hydrogen) atoms. The van der Waals surface area contributed by atoms with E-state index in [2.05, 4.69) is 5.32 Å². The zero-order chi connectivity index (χ0) is 23.6. The quantitative estimate of drug-likeness (QED) is 0.716. The Morgan fingerprint density at radius 2 is 1.48 bits per heavy atom. The highest BCUT2D eigenvalue weighted by Gasteiger charge is 2.27. The summed E-state index contributed by atoms with van der Waals surface area (Å²) < 4.78 is 28.0. The number of sulfonamides is 1. The summed E-state index contributed by atoms with van der Waals surface area (Å²) in [6, 6.07) is 7.05. The molecule has 9 nitrogen and oxygen atoms in total. The fourth-order valence-electron chi connectivity index (χ4n) is 4.25. The van der Waals surface area contributed by atoms with Gasteiger partial charge in [-0.1, -0.05) is 0 Å². The van der Waals surface area contributed by atoms with E-state index in [1.165, 1.54) is 52.4 Å². The first-order valence-electron chi connectivity index (χ1n) is 11.2. The average Bonchev–Trinajstić information content (AvgIpc) is 3.38. The standard InChI is InChI=1S/C23H28N4O5S/c1-25-16-18(22(29)26-11-3-2-4-12-26)15-20(23(25)30)24-21(28)17-7-9-19(10-8-17)33(31,32)27-13-5-6-14-27/h7-10,15-16H,2-6,11-14H2,1H3,(H,24,28). The Kier molecular flexibility index (Phi) is 6.66. The van der Waals surface area contributed by atoms with Gasteiger partial charge in [0.25, 0.3) is 17.4 Å². The van der Waals surface area contributed by atoms with Gasteiger partial charge in [0.2, 0.25) is 10.0 Å². The van der Waals surface area contributed by atoms with Crippen molar-refractivity contribution in [3.8, 4) is 0 Å². The molecule has 0 radical (unpaired) electrons. The van der Waals surface area contributed by atoms with Gasteiger partial charge < -0.3 is 14.8 Å². The van der Waals surface area contributed by atoms with Crippen molar-refractivity contribution in [1.82, 2.24) is 13.8 Å². The Morgan fingerprint density at radius 3 is 2.12 bits per heavy atom. The summed E-state index contributed by atoms with van der Waals surface area (Å²) in [6.45, 7) is 2.35.